The number of para-hydroxylation sites is 1. The van der Waals surface area contributed by atoms with Crippen molar-refractivity contribution >= 4 is 17.5 Å². The first kappa shape index (κ1) is 17.1. The second-order valence-corrected chi connectivity index (χ2v) is 6.41. The lowest BCUT2D eigenvalue weighted by Crippen LogP contribution is -2.28. The highest BCUT2D eigenvalue weighted by Crippen LogP contribution is 2.25. The van der Waals surface area contributed by atoms with Gasteiger partial charge in [0.2, 0.25) is 5.91 Å². The van der Waals surface area contributed by atoms with Gasteiger partial charge in [-0.1, -0.05) is 37.5 Å². The molecule has 0 radical (unpaired) electrons. The van der Waals surface area contributed by atoms with Crippen LogP contribution in [0.4, 0.5) is 5.69 Å². The summed E-state index contributed by atoms with van der Waals surface area (Å²) in [6, 6.07) is 10.9. The van der Waals surface area contributed by atoms with Gasteiger partial charge in [0, 0.05) is 24.9 Å². The van der Waals surface area contributed by atoms with E-state index in [-0.39, 0.29) is 17.7 Å². The van der Waals surface area contributed by atoms with E-state index in [1.165, 1.54) is 6.42 Å². The Morgan fingerprint density at radius 3 is 2.60 bits per heavy atom. The van der Waals surface area contributed by atoms with E-state index < -0.39 is 0 Å². The molecule has 1 saturated carbocycles. The number of rotatable bonds is 5. The Morgan fingerprint density at radius 2 is 1.84 bits per heavy atom. The summed E-state index contributed by atoms with van der Waals surface area (Å²) in [5.41, 5.74) is 1.98. The first-order valence-corrected chi connectivity index (χ1v) is 8.81. The maximum Gasteiger partial charge on any atom is 0.253 e. The van der Waals surface area contributed by atoms with Gasteiger partial charge >= 0.3 is 0 Å². The van der Waals surface area contributed by atoms with Gasteiger partial charge in [0.25, 0.3) is 5.91 Å². The van der Waals surface area contributed by atoms with Gasteiger partial charge in [0.1, 0.15) is 0 Å². The minimum atomic E-state index is -0.205. The number of benzene rings is 1. The van der Waals surface area contributed by atoms with Crippen molar-refractivity contribution in [2.75, 3.05) is 5.32 Å². The predicted octanol–water partition coefficient (Wildman–Crippen LogP) is 3.53. The largest absolute Gasteiger partial charge is 0.348 e. The molecule has 5 nitrogen and oxygen atoms in total. The smallest absolute Gasteiger partial charge is 0.253 e. The number of pyridine rings is 1. The molecule has 25 heavy (non-hydrogen) atoms. The minimum absolute atomic E-state index is 0.0206. The van der Waals surface area contributed by atoms with Crippen LogP contribution in [0.2, 0.25) is 0 Å². The molecule has 0 unspecified atom stereocenters. The van der Waals surface area contributed by atoms with Crippen LogP contribution in [0.1, 0.15) is 48.0 Å². The van der Waals surface area contributed by atoms with Gasteiger partial charge < -0.3 is 10.6 Å². The quantitative estimate of drug-likeness (QED) is 0.877. The molecule has 0 saturated heterocycles. The number of hydrogen-bond acceptors (Lipinski definition) is 3. The SMILES string of the molecule is O=C(NCc1cccnc1)c1ccccc1NC(=O)C1CCCCC1. The van der Waals surface area contributed by atoms with Gasteiger partial charge in [0.05, 0.1) is 11.3 Å². The molecule has 0 aliphatic heterocycles. The second kappa shape index (κ2) is 8.42. The molecule has 2 aromatic rings. The van der Waals surface area contributed by atoms with Crippen molar-refractivity contribution in [1.82, 2.24) is 10.3 Å². The molecule has 2 amide bonds. The van der Waals surface area contributed by atoms with Crippen LogP contribution >= 0.6 is 0 Å². The molecular formula is C20H23N3O2. The summed E-state index contributed by atoms with van der Waals surface area (Å²) in [5, 5.41) is 5.83. The number of anilines is 1. The van der Waals surface area contributed by atoms with Crippen LogP contribution in [0, 0.1) is 5.92 Å². The van der Waals surface area contributed by atoms with Crippen LogP contribution in [-0.2, 0) is 11.3 Å². The molecule has 1 aromatic heterocycles. The number of amides is 2. The van der Waals surface area contributed by atoms with E-state index in [0.29, 0.717) is 17.8 Å². The third-order valence-corrected chi connectivity index (χ3v) is 4.58. The average molecular weight is 337 g/mol. The Hall–Kier alpha value is -2.69. The highest BCUT2D eigenvalue weighted by atomic mass is 16.2. The standard InChI is InChI=1S/C20H23N3O2/c24-19(16-8-2-1-3-9-16)23-18-11-5-4-10-17(18)20(25)22-14-15-7-6-12-21-13-15/h4-7,10-13,16H,1-3,8-9,14H2,(H,22,25)(H,23,24). The van der Waals surface area contributed by atoms with Gasteiger partial charge in [0.15, 0.2) is 0 Å². The van der Waals surface area contributed by atoms with Crippen molar-refractivity contribution in [2.45, 2.75) is 38.6 Å². The van der Waals surface area contributed by atoms with Gasteiger partial charge in [-0.25, -0.2) is 0 Å². The Morgan fingerprint density at radius 1 is 1.04 bits per heavy atom. The maximum absolute atomic E-state index is 12.5. The van der Waals surface area contributed by atoms with Gasteiger partial charge in [-0.2, -0.15) is 0 Å². The summed E-state index contributed by atoms with van der Waals surface area (Å²) in [7, 11) is 0. The lowest BCUT2D eigenvalue weighted by atomic mass is 9.88. The van der Waals surface area contributed by atoms with Crippen molar-refractivity contribution in [2.24, 2.45) is 5.92 Å². The first-order valence-electron chi connectivity index (χ1n) is 8.81. The van der Waals surface area contributed by atoms with Crippen molar-refractivity contribution in [3.8, 4) is 0 Å². The number of aromatic nitrogens is 1. The second-order valence-electron chi connectivity index (χ2n) is 6.41. The third-order valence-electron chi connectivity index (χ3n) is 4.58. The Labute approximate surface area is 147 Å². The summed E-state index contributed by atoms with van der Waals surface area (Å²) in [4.78, 5) is 29.0. The molecule has 1 heterocycles. The fourth-order valence-electron chi connectivity index (χ4n) is 3.17. The molecule has 1 aromatic carbocycles. The zero-order chi connectivity index (χ0) is 17.5. The number of nitrogens with one attached hydrogen (secondary N) is 2. The molecule has 130 valence electrons. The minimum Gasteiger partial charge on any atom is -0.348 e. The lowest BCUT2D eigenvalue weighted by Gasteiger charge is -2.21. The fourth-order valence-corrected chi connectivity index (χ4v) is 3.17. The van der Waals surface area contributed by atoms with Crippen LogP contribution in [0.25, 0.3) is 0 Å². The van der Waals surface area contributed by atoms with Crippen LogP contribution in [0.3, 0.4) is 0 Å². The van der Waals surface area contributed by atoms with Gasteiger partial charge in [-0.3, -0.25) is 14.6 Å². The summed E-state index contributed by atoms with van der Waals surface area (Å²) in [6.07, 6.45) is 8.69. The maximum atomic E-state index is 12.5. The Bertz CT molecular complexity index is 725. The summed E-state index contributed by atoms with van der Waals surface area (Å²) in [5.74, 6) is -0.129. The fraction of sp³-hybridized carbons (Fsp3) is 0.350. The normalized spacial score (nSPS) is 14.7. The molecule has 1 fully saturated rings. The van der Waals surface area contributed by atoms with Gasteiger partial charge in [-0.15, -0.1) is 0 Å². The Kier molecular flexibility index (Phi) is 5.77. The van der Waals surface area contributed by atoms with Crippen molar-refractivity contribution in [3.05, 3.63) is 59.9 Å². The molecule has 0 spiro atoms. The number of carbonyl (C=O) groups excluding carboxylic acids is 2. The van der Waals surface area contributed by atoms with Crippen LogP contribution in [0.15, 0.2) is 48.8 Å². The molecule has 1 aliphatic carbocycles. The van der Waals surface area contributed by atoms with E-state index in [2.05, 4.69) is 15.6 Å². The van der Waals surface area contributed by atoms with Crippen LogP contribution < -0.4 is 10.6 Å². The zero-order valence-corrected chi connectivity index (χ0v) is 14.2. The zero-order valence-electron chi connectivity index (χ0n) is 14.2. The van der Waals surface area contributed by atoms with E-state index >= 15 is 0 Å². The first-order chi connectivity index (χ1) is 12.2. The van der Waals surface area contributed by atoms with E-state index in [9.17, 15) is 9.59 Å². The summed E-state index contributed by atoms with van der Waals surface area (Å²) >= 11 is 0. The summed E-state index contributed by atoms with van der Waals surface area (Å²) < 4.78 is 0. The topological polar surface area (TPSA) is 71.1 Å². The average Bonchev–Trinajstić information content (AvgIpc) is 2.68. The lowest BCUT2D eigenvalue weighted by molar-refractivity contribution is -0.120. The van der Waals surface area contributed by atoms with E-state index in [1.807, 2.05) is 18.2 Å². The van der Waals surface area contributed by atoms with E-state index in [1.54, 1.807) is 30.6 Å². The highest BCUT2D eigenvalue weighted by molar-refractivity contribution is 6.04. The van der Waals surface area contributed by atoms with Crippen LogP contribution in [0.5, 0.6) is 0 Å². The number of nitrogens with zero attached hydrogens (tertiary/aromatic N) is 1. The van der Waals surface area contributed by atoms with Crippen molar-refractivity contribution in [1.29, 1.82) is 0 Å². The van der Waals surface area contributed by atoms with Gasteiger partial charge in [-0.05, 0) is 36.6 Å². The predicted molar refractivity (Wildman–Crippen MR) is 97.1 cm³/mol. The molecule has 0 bridgehead atoms. The molecule has 2 N–H and O–H groups in total. The van der Waals surface area contributed by atoms with E-state index in [4.69, 9.17) is 0 Å². The van der Waals surface area contributed by atoms with Crippen molar-refractivity contribution < 1.29 is 9.59 Å². The molecule has 3 rings (SSSR count). The molecule has 1 aliphatic rings. The Balaban J connectivity index is 1.65. The number of hydrogen-bond donors (Lipinski definition) is 2. The molecular weight excluding hydrogens is 314 g/mol. The summed E-state index contributed by atoms with van der Waals surface area (Å²) in [6.45, 7) is 0.400. The molecule has 0 atom stereocenters. The monoisotopic (exact) mass is 337 g/mol. The molecule has 5 heteroatoms. The van der Waals surface area contributed by atoms with E-state index in [0.717, 1.165) is 31.2 Å². The number of carbonyl (C=O) groups is 2. The van der Waals surface area contributed by atoms with Crippen LogP contribution in [-0.4, -0.2) is 16.8 Å². The third kappa shape index (κ3) is 4.66. The van der Waals surface area contributed by atoms with Crippen molar-refractivity contribution in [3.63, 3.8) is 0 Å². The highest BCUT2D eigenvalue weighted by Gasteiger charge is 2.22.